The molecule has 0 saturated carbocycles. The van der Waals surface area contributed by atoms with Crippen molar-refractivity contribution in [3.8, 4) is 34.0 Å². The van der Waals surface area contributed by atoms with Crippen LogP contribution in [0.2, 0.25) is 0 Å². The van der Waals surface area contributed by atoms with E-state index in [0.29, 0.717) is 61.9 Å². The summed E-state index contributed by atoms with van der Waals surface area (Å²) in [6.45, 7) is 3.31. The van der Waals surface area contributed by atoms with Gasteiger partial charge in [-0.2, -0.15) is 0 Å². The van der Waals surface area contributed by atoms with Crippen LogP contribution in [-0.2, 0) is 0 Å². The zero-order valence-corrected chi connectivity index (χ0v) is 20.4. The van der Waals surface area contributed by atoms with Crippen LogP contribution >= 0.6 is 0 Å². The summed E-state index contributed by atoms with van der Waals surface area (Å²) in [5.41, 5.74) is 9.90. The summed E-state index contributed by atoms with van der Waals surface area (Å²) < 4.78 is 5.94. The maximum absolute atomic E-state index is 11.6. The first-order chi connectivity index (χ1) is 18.2. The van der Waals surface area contributed by atoms with E-state index in [1.165, 1.54) is 12.1 Å². The largest absolute Gasteiger partial charge is 0.457 e. The van der Waals surface area contributed by atoms with Gasteiger partial charge in [0, 0.05) is 46.1 Å². The Bertz CT molecular complexity index is 1730. The van der Waals surface area contributed by atoms with Gasteiger partial charge in [0.05, 0.1) is 32.3 Å². The fourth-order valence-electron chi connectivity index (χ4n) is 4.08. The number of fused-ring (bicyclic) bond motifs is 1. The lowest BCUT2D eigenvalue weighted by atomic mass is 10.00. The van der Waals surface area contributed by atoms with Crippen LogP contribution in [0.1, 0.15) is 11.1 Å². The van der Waals surface area contributed by atoms with Crippen molar-refractivity contribution in [1.82, 2.24) is 9.97 Å². The molecule has 0 unspecified atom stereocenters. The van der Waals surface area contributed by atoms with Crippen LogP contribution in [0.15, 0.2) is 78.9 Å². The molecular formula is C28H21N5O5. The topological polar surface area (TPSA) is 147 Å². The Balaban J connectivity index is 1.71. The van der Waals surface area contributed by atoms with Crippen LogP contribution in [0.3, 0.4) is 0 Å². The summed E-state index contributed by atoms with van der Waals surface area (Å²) in [5.74, 6) is 1.10. The Hall–Kier alpha value is -5.38. The number of hydrogen-bond acceptors (Lipinski definition) is 8. The molecule has 188 valence electrons. The van der Waals surface area contributed by atoms with E-state index >= 15 is 0 Å². The van der Waals surface area contributed by atoms with Crippen molar-refractivity contribution in [3.05, 3.63) is 110 Å². The SMILES string of the molecule is Cc1ccc(-c2nc3ccc(Oc4ccc(N)cc4)cc3nc2-c2ccc(C)c([N+](=O)[O-])c2)cc1[N+](=O)[O-]. The molecule has 0 bridgehead atoms. The Morgan fingerprint density at radius 2 is 1.16 bits per heavy atom. The number of anilines is 1. The first-order valence-electron chi connectivity index (χ1n) is 11.6. The van der Waals surface area contributed by atoms with Gasteiger partial charge in [0.1, 0.15) is 11.5 Å². The van der Waals surface area contributed by atoms with E-state index < -0.39 is 9.85 Å². The maximum Gasteiger partial charge on any atom is 0.272 e. The van der Waals surface area contributed by atoms with Gasteiger partial charge in [-0.3, -0.25) is 20.2 Å². The number of nitrogen functional groups attached to an aromatic ring is 1. The van der Waals surface area contributed by atoms with Gasteiger partial charge in [0.25, 0.3) is 11.4 Å². The van der Waals surface area contributed by atoms with E-state index in [2.05, 4.69) is 0 Å². The Morgan fingerprint density at radius 3 is 1.68 bits per heavy atom. The molecule has 0 aliphatic heterocycles. The Kier molecular flexibility index (Phi) is 6.13. The first-order valence-corrected chi connectivity index (χ1v) is 11.6. The second kappa shape index (κ2) is 9.58. The highest BCUT2D eigenvalue weighted by atomic mass is 16.6. The van der Waals surface area contributed by atoms with E-state index in [4.69, 9.17) is 20.4 Å². The molecule has 0 aliphatic rings. The molecule has 4 aromatic carbocycles. The molecule has 0 spiro atoms. The molecule has 0 fully saturated rings. The van der Waals surface area contributed by atoms with E-state index in [1.807, 2.05) is 0 Å². The number of aromatic nitrogens is 2. The van der Waals surface area contributed by atoms with Crippen molar-refractivity contribution in [2.75, 3.05) is 5.73 Å². The van der Waals surface area contributed by atoms with Gasteiger partial charge in [-0.1, -0.05) is 24.3 Å². The fraction of sp³-hybridized carbons (Fsp3) is 0.0714. The minimum atomic E-state index is -0.456. The smallest absolute Gasteiger partial charge is 0.272 e. The van der Waals surface area contributed by atoms with Gasteiger partial charge in [-0.05, 0) is 50.2 Å². The second-order valence-electron chi connectivity index (χ2n) is 8.76. The maximum atomic E-state index is 11.6. The average Bonchev–Trinajstić information content (AvgIpc) is 2.89. The highest BCUT2D eigenvalue weighted by Crippen LogP contribution is 2.36. The average molecular weight is 508 g/mol. The predicted octanol–water partition coefficient (Wildman–Crippen LogP) is 6.77. The number of nitro groups is 2. The van der Waals surface area contributed by atoms with Crippen molar-refractivity contribution in [3.63, 3.8) is 0 Å². The summed E-state index contributed by atoms with van der Waals surface area (Å²) in [4.78, 5) is 31.9. The van der Waals surface area contributed by atoms with Crippen LogP contribution < -0.4 is 10.5 Å². The number of nitrogens with zero attached hydrogens (tertiary/aromatic N) is 4. The van der Waals surface area contributed by atoms with Crippen molar-refractivity contribution >= 4 is 28.1 Å². The normalized spacial score (nSPS) is 10.9. The van der Waals surface area contributed by atoms with Crippen molar-refractivity contribution < 1.29 is 14.6 Å². The lowest BCUT2D eigenvalue weighted by molar-refractivity contribution is -0.385. The van der Waals surface area contributed by atoms with E-state index in [0.717, 1.165) is 0 Å². The van der Waals surface area contributed by atoms with Gasteiger partial charge in [0.2, 0.25) is 0 Å². The van der Waals surface area contributed by atoms with E-state index in [1.54, 1.807) is 80.6 Å². The van der Waals surface area contributed by atoms with E-state index in [-0.39, 0.29) is 11.4 Å². The molecule has 0 atom stereocenters. The van der Waals surface area contributed by atoms with Crippen molar-refractivity contribution in [1.29, 1.82) is 0 Å². The second-order valence-corrected chi connectivity index (χ2v) is 8.76. The third-order valence-electron chi connectivity index (χ3n) is 6.11. The predicted molar refractivity (Wildman–Crippen MR) is 144 cm³/mol. The lowest BCUT2D eigenvalue weighted by Crippen LogP contribution is -1.99. The van der Waals surface area contributed by atoms with Crippen LogP contribution in [0.25, 0.3) is 33.5 Å². The molecule has 5 rings (SSSR count). The molecule has 38 heavy (non-hydrogen) atoms. The molecule has 1 heterocycles. The number of nitro benzene ring substituents is 2. The summed E-state index contributed by atoms with van der Waals surface area (Å²) in [6, 6.07) is 21.7. The summed E-state index contributed by atoms with van der Waals surface area (Å²) >= 11 is 0. The van der Waals surface area contributed by atoms with Crippen LogP contribution in [0, 0.1) is 34.1 Å². The zero-order chi connectivity index (χ0) is 27.0. The van der Waals surface area contributed by atoms with Gasteiger partial charge in [0.15, 0.2) is 0 Å². The first kappa shape index (κ1) is 24.3. The minimum absolute atomic E-state index is 0.0579. The molecule has 0 amide bonds. The quantitative estimate of drug-likeness (QED) is 0.150. The summed E-state index contributed by atoms with van der Waals surface area (Å²) in [5, 5.41) is 23.2. The minimum Gasteiger partial charge on any atom is -0.457 e. The zero-order valence-electron chi connectivity index (χ0n) is 20.4. The number of ether oxygens (including phenoxy) is 1. The number of rotatable bonds is 6. The molecular weight excluding hydrogens is 486 g/mol. The molecule has 2 N–H and O–H groups in total. The van der Waals surface area contributed by atoms with Gasteiger partial charge in [-0.15, -0.1) is 0 Å². The summed E-state index contributed by atoms with van der Waals surface area (Å²) in [7, 11) is 0. The molecule has 0 saturated heterocycles. The number of hydrogen-bond donors (Lipinski definition) is 1. The van der Waals surface area contributed by atoms with Crippen LogP contribution in [-0.4, -0.2) is 19.8 Å². The van der Waals surface area contributed by atoms with Crippen LogP contribution in [0.4, 0.5) is 17.1 Å². The molecule has 0 aliphatic carbocycles. The standard InChI is InChI=1S/C28H21N5O5/c1-16-3-5-18(13-25(16)32(34)35)27-28(19-6-4-17(2)26(14-19)33(36)37)31-24-15-22(11-12-23(24)30-27)38-21-9-7-20(29)8-10-21/h3-15H,29H2,1-2H3. The van der Waals surface area contributed by atoms with Crippen molar-refractivity contribution in [2.45, 2.75) is 13.8 Å². The Labute approximate surface area is 216 Å². The molecule has 5 aromatic rings. The number of aryl methyl sites for hydroxylation is 2. The third kappa shape index (κ3) is 4.70. The Morgan fingerprint density at radius 1 is 0.658 bits per heavy atom. The fourth-order valence-corrected chi connectivity index (χ4v) is 4.08. The molecule has 1 aromatic heterocycles. The lowest BCUT2D eigenvalue weighted by Gasteiger charge is -2.13. The monoisotopic (exact) mass is 507 g/mol. The third-order valence-corrected chi connectivity index (χ3v) is 6.11. The number of nitrogens with two attached hydrogens (primary N) is 1. The van der Waals surface area contributed by atoms with Gasteiger partial charge in [-0.25, -0.2) is 9.97 Å². The molecule has 10 nitrogen and oxygen atoms in total. The van der Waals surface area contributed by atoms with Crippen molar-refractivity contribution in [2.24, 2.45) is 0 Å². The van der Waals surface area contributed by atoms with Gasteiger partial charge < -0.3 is 10.5 Å². The summed E-state index contributed by atoms with van der Waals surface area (Å²) in [6.07, 6.45) is 0. The van der Waals surface area contributed by atoms with Crippen LogP contribution in [0.5, 0.6) is 11.5 Å². The molecule has 0 radical (unpaired) electrons. The molecule has 10 heteroatoms. The van der Waals surface area contributed by atoms with E-state index in [9.17, 15) is 20.2 Å². The highest BCUT2D eigenvalue weighted by Gasteiger charge is 2.20. The highest BCUT2D eigenvalue weighted by molar-refractivity contribution is 5.88. The van der Waals surface area contributed by atoms with Gasteiger partial charge >= 0.3 is 0 Å². The number of benzene rings is 4.